The Morgan fingerprint density at radius 2 is 2.29 bits per heavy atom. The van der Waals surface area contributed by atoms with E-state index in [1.807, 2.05) is 6.08 Å². The summed E-state index contributed by atoms with van der Waals surface area (Å²) < 4.78 is 6.11. The topological polar surface area (TPSA) is 66.8 Å². The van der Waals surface area contributed by atoms with Gasteiger partial charge in [0.15, 0.2) is 0 Å². The number of carbonyl (C=O) groups is 1. The molecule has 1 saturated heterocycles. The van der Waals surface area contributed by atoms with Gasteiger partial charge >= 0.3 is 5.97 Å². The first-order chi connectivity index (χ1) is 9.93. The van der Waals surface area contributed by atoms with Crippen LogP contribution in [0.15, 0.2) is 21.5 Å². The van der Waals surface area contributed by atoms with Crippen LogP contribution in [0, 0.1) is 0 Å². The van der Waals surface area contributed by atoms with Crippen LogP contribution in [0.1, 0.15) is 30.4 Å². The van der Waals surface area contributed by atoms with Crippen LogP contribution in [0.2, 0.25) is 0 Å². The molecule has 1 aromatic carbocycles. The van der Waals surface area contributed by atoms with Gasteiger partial charge in [-0.1, -0.05) is 15.9 Å². The number of hydrogen-bond acceptors (Lipinski definition) is 4. The number of thioether (sulfide) groups is 1. The molecule has 114 valence electrons. The second-order valence-electron chi connectivity index (χ2n) is 4.88. The van der Waals surface area contributed by atoms with Crippen molar-refractivity contribution < 1.29 is 19.7 Å². The molecule has 1 fully saturated rings. The molecule has 2 atom stereocenters. The molecule has 1 aromatic rings. The third-order valence-corrected chi connectivity index (χ3v) is 5.32. The standard InChI is InChI=1S/C15H17BrO4S/c1-8(15(18)19)10-7-11(16)9(5-13(10)20-2)6-14-12(17)3-4-21-14/h5-8,12,17H,3-4H2,1-2H3,(H,18,19)/b14-6-. The zero-order valence-electron chi connectivity index (χ0n) is 11.8. The second-order valence-corrected chi connectivity index (χ2v) is 6.90. The van der Waals surface area contributed by atoms with Crippen molar-refractivity contribution in [2.75, 3.05) is 12.9 Å². The van der Waals surface area contributed by atoms with Gasteiger partial charge in [0, 0.05) is 20.7 Å². The zero-order valence-corrected chi connectivity index (χ0v) is 14.2. The molecule has 0 saturated carbocycles. The minimum atomic E-state index is -0.895. The quantitative estimate of drug-likeness (QED) is 0.846. The summed E-state index contributed by atoms with van der Waals surface area (Å²) in [6, 6.07) is 3.58. The summed E-state index contributed by atoms with van der Waals surface area (Å²) in [4.78, 5) is 12.1. The number of aliphatic hydroxyl groups excluding tert-OH is 1. The molecule has 0 spiro atoms. The number of halogens is 1. The average Bonchev–Trinajstić information content (AvgIpc) is 2.85. The Balaban J connectivity index is 2.43. The Hall–Kier alpha value is -0.980. The first-order valence-corrected chi connectivity index (χ1v) is 8.34. The maximum absolute atomic E-state index is 11.2. The zero-order chi connectivity index (χ0) is 15.6. The molecule has 0 aliphatic carbocycles. The van der Waals surface area contributed by atoms with Gasteiger partial charge in [-0.25, -0.2) is 0 Å². The number of hydrogen-bond donors (Lipinski definition) is 2. The minimum absolute atomic E-state index is 0.412. The van der Waals surface area contributed by atoms with Crippen LogP contribution in [-0.4, -0.2) is 35.1 Å². The highest BCUT2D eigenvalue weighted by molar-refractivity contribution is 9.10. The molecular formula is C15H17BrO4S. The molecule has 0 radical (unpaired) electrons. The van der Waals surface area contributed by atoms with E-state index in [1.54, 1.807) is 30.8 Å². The number of aliphatic carboxylic acids is 1. The van der Waals surface area contributed by atoms with E-state index >= 15 is 0 Å². The molecule has 2 N–H and O–H groups in total. The van der Waals surface area contributed by atoms with E-state index in [9.17, 15) is 9.90 Å². The van der Waals surface area contributed by atoms with Crippen molar-refractivity contribution in [1.29, 1.82) is 0 Å². The summed E-state index contributed by atoms with van der Waals surface area (Å²) in [7, 11) is 1.53. The van der Waals surface area contributed by atoms with Gasteiger partial charge in [-0.3, -0.25) is 4.79 Å². The number of rotatable bonds is 4. The van der Waals surface area contributed by atoms with Crippen LogP contribution in [0.4, 0.5) is 0 Å². The third-order valence-electron chi connectivity index (χ3n) is 3.47. The van der Waals surface area contributed by atoms with Gasteiger partial charge in [-0.2, -0.15) is 0 Å². The van der Waals surface area contributed by atoms with E-state index in [0.717, 1.165) is 27.1 Å². The molecule has 4 nitrogen and oxygen atoms in total. The summed E-state index contributed by atoms with van der Waals surface area (Å²) >= 11 is 5.11. The fourth-order valence-corrected chi connectivity index (χ4v) is 3.73. The number of carboxylic acids is 1. The number of benzene rings is 1. The maximum Gasteiger partial charge on any atom is 0.310 e. The first kappa shape index (κ1) is 16.4. The molecule has 2 unspecified atom stereocenters. The van der Waals surface area contributed by atoms with Crippen molar-refractivity contribution in [3.05, 3.63) is 32.6 Å². The molecule has 0 amide bonds. The third kappa shape index (κ3) is 3.62. The van der Waals surface area contributed by atoms with Crippen LogP contribution in [0.25, 0.3) is 6.08 Å². The lowest BCUT2D eigenvalue weighted by Gasteiger charge is -2.15. The lowest BCUT2D eigenvalue weighted by Crippen LogP contribution is -2.09. The average molecular weight is 373 g/mol. The molecule has 2 rings (SSSR count). The Morgan fingerprint density at radius 1 is 1.57 bits per heavy atom. The SMILES string of the molecule is COc1cc(/C=C2\SCCC2O)c(Br)cc1C(C)C(=O)O. The van der Waals surface area contributed by atoms with Crippen molar-refractivity contribution in [2.24, 2.45) is 0 Å². The molecular weight excluding hydrogens is 356 g/mol. The van der Waals surface area contributed by atoms with Crippen molar-refractivity contribution in [1.82, 2.24) is 0 Å². The summed E-state index contributed by atoms with van der Waals surface area (Å²) in [5.74, 6) is -0.0921. The molecule has 0 bridgehead atoms. The fraction of sp³-hybridized carbons (Fsp3) is 0.400. The first-order valence-electron chi connectivity index (χ1n) is 6.56. The van der Waals surface area contributed by atoms with Gasteiger partial charge < -0.3 is 14.9 Å². The van der Waals surface area contributed by atoms with Crippen molar-refractivity contribution in [3.8, 4) is 5.75 Å². The van der Waals surface area contributed by atoms with Crippen molar-refractivity contribution in [2.45, 2.75) is 25.4 Å². The summed E-state index contributed by atoms with van der Waals surface area (Å²) in [5, 5.41) is 19.0. The Morgan fingerprint density at radius 3 is 2.81 bits per heavy atom. The predicted octanol–water partition coefficient (Wildman–Crippen LogP) is 3.48. The summed E-state index contributed by atoms with van der Waals surface area (Å²) in [6.45, 7) is 1.63. The predicted molar refractivity (Wildman–Crippen MR) is 87.8 cm³/mol. The lowest BCUT2D eigenvalue weighted by atomic mass is 9.98. The highest BCUT2D eigenvalue weighted by Gasteiger charge is 2.22. The van der Waals surface area contributed by atoms with Crippen molar-refractivity contribution in [3.63, 3.8) is 0 Å². The van der Waals surface area contributed by atoms with Crippen LogP contribution in [0.3, 0.4) is 0 Å². The second kappa shape index (κ2) is 6.85. The summed E-state index contributed by atoms with van der Waals surface area (Å²) in [5.41, 5.74) is 1.50. The van der Waals surface area contributed by atoms with E-state index < -0.39 is 18.0 Å². The molecule has 6 heteroatoms. The van der Waals surface area contributed by atoms with Gasteiger partial charge in [0.2, 0.25) is 0 Å². The van der Waals surface area contributed by atoms with E-state index in [2.05, 4.69) is 15.9 Å². The number of methoxy groups -OCH3 is 1. The fourth-order valence-electron chi connectivity index (χ4n) is 2.16. The van der Waals surface area contributed by atoms with Crippen LogP contribution in [-0.2, 0) is 4.79 Å². The number of ether oxygens (including phenoxy) is 1. The molecule has 1 aliphatic rings. The Bertz CT molecular complexity index is 585. The van der Waals surface area contributed by atoms with Crippen LogP contribution in [0.5, 0.6) is 5.75 Å². The monoisotopic (exact) mass is 372 g/mol. The minimum Gasteiger partial charge on any atom is -0.496 e. The molecule has 1 heterocycles. The van der Waals surface area contributed by atoms with Gasteiger partial charge in [0.25, 0.3) is 0 Å². The summed E-state index contributed by atoms with van der Waals surface area (Å²) in [6.07, 6.45) is 2.27. The molecule has 1 aliphatic heterocycles. The van der Waals surface area contributed by atoms with Gasteiger partial charge in [-0.15, -0.1) is 11.8 Å². The number of aliphatic hydroxyl groups is 1. The maximum atomic E-state index is 11.2. The van der Waals surface area contributed by atoms with Crippen molar-refractivity contribution >= 4 is 39.7 Å². The Labute approximate surface area is 136 Å². The number of carboxylic acid groups (broad SMARTS) is 1. The van der Waals surface area contributed by atoms with E-state index in [1.165, 1.54) is 7.11 Å². The molecule has 0 aromatic heterocycles. The Kier molecular flexibility index (Phi) is 5.35. The molecule has 21 heavy (non-hydrogen) atoms. The lowest BCUT2D eigenvalue weighted by molar-refractivity contribution is -0.138. The highest BCUT2D eigenvalue weighted by Crippen LogP contribution is 2.37. The highest BCUT2D eigenvalue weighted by atomic mass is 79.9. The van der Waals surface area contributed by atoms with Crippen LogP contribution < -0.4 is 4.74 Å². The van der Waals surface area contributed by atoms with E-state index in [4.69, 9.17) is 9.84 Å². The van der Waals surface area contributed by atoms with Gasteiger partial charge in [0.05, 0.1) is 19.1 Å². The van der Waals surface area contributed by atoms with Gasteiger partial charge in [-0.05, 0) is 37.1 Å². The normalized spacial score (nSPS) is 21.5. The van der Waals surface area contributed by atoms with Gasteiger partial charge in [0.1, 0.15) is 5.75 Å². The smallest absolute Gasteiger partial charge is 0.310 e. The van der Waals surface area contributed by atoms with E-state index in [-0.39, 0.29) is 0 Å². The van der Waals surface area contributed by atoms with E-state index in [0.29, 0.717) is 11.3 Å². The van der Waals surface area contributed by atoms with Crippen LogP contribution >= 0.6 is 27.7 Å². The largest absolute Gasteiger partial charge is 0.496 e.